The number of hydrogen-bond donors (Lipinski definition) is 1. The highest BCUT2D eigenvalue weighted by molar-refractivity contribution is 7.80. The van der Waals surface area contributed by atoms with Crippen LogP contribution < -0.4 is 0 Å². The van der Waals surface area contributed by atoms with Gasteiger partial charge in [0.25, 0.3) is 0 Å². The van der Waals surface area contributed by atoms with Crippen molar-refractivity contribution in [1.29, 1.82) is 0 Å². The van der Waals surface area contributed by atoms with Crippen LogP contribution in [0.25, 0.3) is 0 Å². The minimum absolute atomic E-state index is 0.361. The van der Waals surface area contributed by atoms with Gasteiger partial charge in [0, 0.05) is 0 Å². The summed E-state index contributed by atoms with van der Waals surface area (Å²) < 4.78 is 39.8. The topological polar surface area (TPSA) is 26.3 Å². The lowest BCUT2D eigenvalue weighted by Crippen LogP contribution is -2.28. The molecule has 19 heavy (non-hydrogen) atoms. The first-order chi connectivity index (χ1) is 8.88. The summed E-state index contributed by atoms with van der Waals surface area (Å²) in [5.74, 6) is -2.16. The van der Waals surface area contributed by atoms with Crippen molar-refractivity contribution in [1.82, 2.24) is 0 Å². The largest absolute Gasteiger partial charge is 0.490 e. The van der Waals surface area contributed by atoms with Gasteiger partial charge in [0.1, 0.15) is 5.44 Å². The molecule has 0 aliphatic carbocycles. The van der Waals surface area contributed by atoms with Crippen molar-refractivity contribution >= 4 is 18.6 Å². The van der Waals surface area contributed by atoms with Crippen LogP contribution in [0.5, 0.6) is 0 Å². The molecule has 1 atom stereocenters. The van der Waals surface area contributed by atoms with E-state index in [1.54, 1.807) is 0 Å². The summed E-state index contributed by atoms with van der Waals surface area (Å²) in [5.41, 5.74) is -0.964. The molecular formula is C13H23F3O2S. The molecule has 2 nitrogen and oxygen atoms in total. The van der Waals surface area contributed by atoms with E-state index in [1.165, 1.54) is 25.7 Å². The fraction of sp³-hybridized carbons (Fsp3) is 0.923. The number of esters is 1. The Kier molecular flexibility index (Phi) is 10.2. The molecule has 0 rings (SSSR count). The predicted octanol–water partition coefficient (Wildman–Crippen LogP) is 4.88. The first-order valence-electron chi connectivity index (χ1n) is 6.83. The van der Waals surface area contributed by atoms with Crippen molar-refractivity contribution in [2.75, 3.05) is 0 Å². The van der Waals surface area contributed by atoms with Crippen LogP contribution in [0.4, 0.5) is 13.2 Å². The first kappa shape index (κ1) is 18.6. The van der Waals surface area contributed by atoms with E-state index in [1.807, 2.05) is 0 Å². The van der Waals surface area contributed by atoms with Crippen molar-refractivity contribution < 1.29 is 22.7 Å². The molecule has 1 unspecified atom stereocenters. The number of rotatable bonds is 10. The van der Waals surface area contributed by atoms with Gasteiger partial charge in [-0.25, -0.2) is 4.79 Å². The Labute approximate surface area is 118 Å². The van der Waals surface area contributed by atoms with Gasteiger partial charge in [-0.1, -0.05) is 51.9 Å². The third kappa shape index (κ3) is 11.2. The van der Waals surface area contributed by atoms with E-state index in [-0.39, 0.29) is 0 Å². The molecule has 0 aliphatic heterocycles. The fourth-order valence-electron chi connectivity index (χ4n) is 1.70. The lowest BCUT2D eigenvalue weighted by atomic mass is 10.1. The van der Waals surface area contributed by atoms with Gasteiger partial charge in [-0.05, 0) is 12.8 Å². The summed E-state index contributed by atoms with van der Waals surface area (Å²) in [6.07, 6.45) is 4.24. The number of hydrogen-bond acceptors (Lipinski definition) is 3. The molecule has 0 aromatic rings. The second kappa shape index (κ2) is 10.4. The zero-order valence-electron chi connectivity index (χ0n) is 11.3. The number of halogens is 3. The van der Waals surface area contributed by atoms with E-state index in [0.717, 1.165) is 25.7 Å². The molecule has 0 saturated heterocycles. The number of alkyl halides is 3. The maximum atomic E-state index is 11.9. The minimum atomic E-state index is -4.93. The average molecular weight is 300 g/mol. The summed E-state index contributed by atoms with van der Waals surface area (Å²) in [4.78, 5) is 10.5. The second-order valence-electron chi connectivity index (χ2n) is 4.62. The summed E-state index contributed by atoms with van der Waals surface area (Å²) >= 11 is 3.83. The molecule has 0 bridgehead atoms. The van der Waals surface area contributed by atoms with Crippen molar-refractivity contribution in [3.05, 3.63) is 0 Å². The van der Waals surface area contributed by atoms with Gasteiger partial charge in [-0.3, -0.25) is 0 Å². The van der Waals surface area contributed by atoms with Gasteiger partial charge in [0.05, 0.1) is 0 Å². The molecule has 0 amide bonds. The molecule has 0 aromatic heterocycles. The Bertz CT molecular complexity index is 245. The monoisotopic (exact) mass is 300 g/mol. The second-order valence-corrected chi connectivity index (χ2v) is 5.20. The fourth-order valence-corrected chi connectivity index (χ4v) is 1.98. The van der Waals surface area contributed by atoms with Crippen LogP contribution in [0, 0.1) is 0 Å². The highest BCUT2D eigenvalue weighted by Crippen LogP contribution is 2.20. The van der Waals surface area contributed by atoms with E-state index in [0.29, 0.717) is 6.42 Å². The van der Waals surface area contributed by atoms with Crippen LogP contribution >= 0.6 is 12.6 Å². The maximum Gasteiger partial charge on any atom is 0.490 e. The SMILES string of the molecule is CCCCCCCCCCC(S)OC(=O)C(F)(F)F. The van der Waals surface area contributed by atoms with Gasteiger partial charge in [-0.2, -0.15) is 13.2 Å². The van der Waals surface area contributed by atoms with Gasteiger partial charge in [-0.15, -0.1) is 12.6 Å². The smallest absolute Gasteiger partial charge is 0.445 e. The van der Waals surface area contributed by atoms with Crippen LogP contribution in [-0.2, 0) is 9.53 Å². The molecule has 0 fully saturated rings. The van der Waals surface area contributed by atoms with E-state index in [4.69, 9.17) is 0 Å². The van der Waals surface area contributed by atoms with Gasteiger partial charge >= 0.3 is 12.1 Å². The number of unbranched alkanes of at least 4 members (excludes halogenated alkanes) is 7. The first-order valence-corrected chi connectivity index (χ1v) is 7.35. The van der Waals surface area contributed by atoms with E-state index < -0.39 is 17.6 Å². The molecule has 0 aliphatic rings. The lowest BCUT2D eigenvalue weighted by Gasteiger charge is -2.13. The highest BCUT2D eigenvalue weighted by atomic mass is 32.1. The predicted molar refractivity (Wildman–Crippen MR) is 72.1 cm³/mol. The Balaban J connectivity index is 3.44. The number of thiol groups is 1. The minimum Gasteiger partial charge on any atom is -0.445 e. The average Bonchev–Trinajstić information content (AvgIpc) is 2.31. The number of ether oxygens (including phenoxy) is 1. The van der Waals surface area contributed by atoms with Crippen molar-refractivity contribution in [2.45, 2.75) is 76.3 Å². The number of carbonyl (C=O) groups excluding carboxylic acids is 1. The van der Waals surface area contributed by atoms with E-state index in [9.17, 15) is 18.0 Å². The Hall–Kier alpha value is -0.390. The van der Waals surface area contributed by atoms with Crippen LogP contribution in [0.3, 0.4) is 0 Å². The Morgan fingerprint density at radius 2 is 1.53 bits per heavy atom. The maximum absolute atomic E-state index is 11.9. The van der Waals surface area contributed by atoms with Gasteiger partial charge in [0.15, 0.2) is 0 Å². The third-order valence-electron chi connectivity index (χ3n) is 2.78. The molecule has 6 heteroatoms. The standard InChI is InChI=1S/C13H23F3O2S/c1-2-3-4-5-6-7-8-9-10-11(19)18-12(17)13(14,15)16/h11,19H,2-10H2,1H3. The van der Waals surface area contributed by atoms with E-state index in [2.05, 4.69) is 24.3 Å². The quantitative estimate of drug-likeness (QED) is 0.269. The van der Waals surface area contributed by atoms with Crippen molar-refractivity contribution in [2.24, 2.45) is 0 Å². The molecule has 0 saturated carbocycles. The molecular weight excluding hydrogens is 277 g/mol. The van der Waals surface area contributed by atoms with Crippen LogP contribution in [-0.4, -0.2) is 17.6 Å². The van der Waals surface area contributed by atoms with E-state index >= 15 is 0 Å². The van der Waals surface area contributed by atoms with Crippen LogP contribution in [0.15, 0.2) is 0 Å². The number of carbonyl (C=O) groups is 1. The summed E-state index contributed by atoms with van der Waals surface area (Å²) in [5, 5.41) is 0. The van der Waals surface area contributed by atoms with Crippen molar-refractivity contribution in [3.63, 3.8) is 0 Å². The molecule has 0 radical (unpaired) electrons. The molecule has 0 spiro atoms. The third-order valence-corrected chi connectivity index (χ3v) is 3.14. The molecule has 0 heterocycles. The highest BCUT2D eigenvalue weighted by Gasteiger charge is 2.41. The Morgan fingerprint density at radius 3 is 2.00 bits per heavy atom. The van der Waals surface area contributed by atoms with Gasteiger partial charge < -0.3 is 4.74 Å². The van der Waals surface area contributed by atoms with Gasteiger partial charge in [0.2, 0.25) is 0 Å². The molecule has 0 N–H and O–H groups in total. The summed E-state index contributed by atoms with van der Waals surface area (Å²) in [6, 6.07) is 0. The summed E-state index contributed by atoms with van der Waals surface area (Å²) in [6.45, 7) is 2.16. The summed E-state index contributed by atoms with van der Waals surface area (Å²) in [7, 11) is 0. The normalized spacial score (nSPS) is 13.3. The molecule has 114 valence electrons. The van der Waals surface area contributed by atoms with Crippen LogP contribution in [0.2, 0.25) is 0 Å². The molecule has 0 aromatic carbocycles. The zero-order chi connectivity index (χ0) is 14.7. The van der Waals surface area contributed by atoms with Crippen molar-refractivity contribution in [3.8, 4) is 0 Å². The van der Waals surface area contributed by atoms with Crippen LogP contribution in [0.1, 0.15) is 64.7 Å². The zero-order valence-corrected chi connectivity index (χ0v) is 12.2. The lowest BCUT2D eigenvalue weighted by molar-refractivity contribution is -0.201. The Morgan fingerprint density at radius 1 is 1.05 bits per heavy atom.